The highest BCUT2D eigenvalue weighted by Gasteiger charge is 2.19. The van der Waals surface area contributed by atoms with E-state index in [0.29, 0.717) is 6.42 Å². The third-order valence-electron chi connectivity index (χ3n) is 3.59. The molecule has 1 aromatic carbocycles. The monoisotopic (exact) mass is 336 g/mol. The maximum atomic E-state index is 10.5. The van der Waals surface area contributed by atoms with Gasteiger partial charge in [0.05, 0.1) is 16.4 Å². The molecule has 2 rings (SSSR count). The molecule has 0 amide bonds. The van der Waals surface area contributed by atoms with Crippen LogP contribution in [0.1, 0.15) is 48.4 Å². The molecule has 1 N–H and O–H groups in total. The Morgan fingerprint density at radius 1 is 1.25 bits per heavy atom. The summed E-state index contributed by atoms with van der Waals surface area (Å²) in [4.78, 5) is 0. The fourth-order valence-electron chi connectivity index (χ4n) is 2.32. The number of benzene rings is 1. The van der Waals surface area contributed by atoms with Gasteiger partial charge in [-0.05, 0) is 60.3 Å². The minimum Gasteiger partial charge on any atom is -0.386 e. The highest BCUT2D eigenvalue weighted by Crippen LogP contribution is 2.28. The number of aryl methyl sites for hydroxylation is 2. The molecule has 0 aliphatic carbocycles. The van der Waals surface area contributed by atoms with E-state index in [9.17, 15) is 5.11 Å². The SMILES string of the molecule is Cc1ccc(CC(O)c2c(Br)cnn2C(C)C)cc1C. The average Bonchev–Trinajstić information content (AvgIpc) is 2.76. The lowest BCUT2D eigenvalue weighted by atomic mass is 10.0. The van der Waals surface area contributed by atoms with Crippen LogP contribution in [0, 0.1) is 13.8 Å². The number of aromatic nitrogens is 2. The fraction of sp³-hybridized carbons (Fsp3) is 0.438. The van der Waals surface area contributed by atoms with Crippen molar-refractivity contribution in [1.82, 2.24) is 9.78 Å². The van der Waals surface area contributed by atoms with Gasteiger partial charge in [0.15, 0.2) is 0 Å². The van der Waals surface area contributed by atoms with Gasteiger partial charge in [0.2, 0.25) is 0 Å². The van der Waals surface area contributed by atoms with Crippen molar-refractivity contribution in [2.24, 2.45) is 0 Å². The molecule has 1 aromatic heterocycles. The second-order valence-corrected chi connectivity index (χ2v) is 6.41. The quantitative estimate of drug-likeness (QED) is 0.911. The van der Waals surface area contributed by atoms with Crippen molar-refractivity contribution < 1.29 is 5.11 Å². The molecule has 1 heterocycles. The number of halogens is 1. The first-order chi connectivity index (χ1) is 9.40. The Hall–Kier alpha value is -1.13. The van der Waals surface area contributed by atoms with E-state index in [0.717, 1.165) is 15.7 Å². The first-order valence-electron chi connectivity index (χ1n) is 6.87. The summed E-state index contributed by atoms with van der Waals surface area (Å²) < 4.78 is 2.73. The van der Waals surface area contributed by atoms with E-state index >= 15 is 0 Å². The first kappa shape index (κ1) is 15.3. The zero-order valence-electron chi connectivity index (χ0n) is 12.4. The van der Waals surface area contributed by atoms with Gasteiger partial charge in [-0.25, -0.2) is 0 Å². The lowest BCUT2D eigenvalue weighted by Crippen LogP contribution is -2.13. The molecule has 2 aromatic rings. The van der Waals surface area contributed by atoms with Crippen LogP contribution in [0.15, 0.2) is 28.9 Å². The van der Waals surface area contributed by atoms with Crippen molar-refractivity contribution in [1.29, 1.82) is 0 Å². The van der Waals surface area contributed by atoms with Crippen LogP contribution in [0.25, 0.3) is 0 Å². The Bertz CT molecular complexity index is 605. The third-order valence-corrected chi connectivity index (χ3v) is 4.20. The number of hydrogen-bond acceptors (Lipinski definition) is 2. The van der Waals surface area contributed by atoms with Crippen LogP contribution in [0.3, 0.4) is 0 Å². The molecule has 0 saturated heterocycles. The molecule has 0 radical (unpaired) electrons. The number of rotatable bonds is 4. The fourth-order valence-corrected chi connectivity index (χ4v) is 2.86. The van der Waals surface area contributed by atoms with Crippen molar-refractivity contribution >= 4 is 15.9 Å². The van der Waals surface area contributed by atoms with E-state index < -0.39 is 6.10 Å². The maximum Gasteiger partial charge on any atom is 0.101 e. The van der Waals surface area contributed by atoms with Crippen LogP contribution in [0.5, 0.6) is 0 Å². The number of aliphatic hydroxyl groups excluding tert-OH is 1. The van der Waals surface area contributed by atoms with Crippen LogP contribution in [0.2, 0.25) is 0 Å². The van der Waals surface area contributed by atoms with Gasteiger partial charge in [0, 0.05) is 12.5 Å². The molecule has 0 bridgehead atoms. The molecule has 0 aliphatic rings. The topological polar surface area (TPSA) is 38.1 Å². The van der Waals surface area contributed by atoms with E-state index in [1.165, 1.54) is 11.1 Å². The molecule has 0 spiro atoms. The van der Waals surface area contributed by atoms with Crippen molar-refractivity contribution in [2.45, 2.75) is 46.3 Å². The predicted octanol–water partition coefficient (Wildman–Crippen LogP) is 4.12. The summed E-state index contributed by atoms with van der Waals surface area (Å²) in [6, 6.07) is 6.55. The van der Waals surface area contributed by atoms with Crippen molar-refractivity contribution in [3.05, 3.63) is 51.3 Å². The Morgan fingerprint density at radius 3 is 2.55 bits per heavy atom. The molecule has 4 heteroatoms. The molecule has 20 heavy (non-hydrogen) atoms. The summed E-state index contributed by atoms with van der Waals surface area (Å²) in [6.45, 7) is 8.32. The molecule has 0 saturated carbocycles. The third kappa shape index (κ3) is 3.13. The second-order valence-electron chi connectivity index (χ2n) is 5.55. The number of nitrogens with zero attached hydrogens (tertiary/aromatic N) is 2. The van der Waals surface area contributed by atoms with E-state index in [2.05, 4.69) is 66.9 Å². The predicted molar refractivity (Wildman–Crippen MR) is 84.9 cm³/mol. The Kier molecular flexibility index (Phi) is 4.66. The first-order valence-corrected chi connectivity index (χ1v) is 7.66. The molecule has 0 aliphatic heterocycles. The maximum absolute atomic E-state index is 10.5. The lowest BCUT2D eigenvalue weighted by Gasteiger charge is -2.17. The van der Waals surface area contributed by atoms with E-state index in [4.69, 9.17) is 0 Å². The van der Waals surface area contributed by atoms with Gasteiger partial charge in [-0.3, -0.25) is 4.68 Å². The van der Waals surface area contributed by atoms with E-state index in [-0.39, 0.29) is 6.04 Å². The minimum absolute atomic E-state index is 0.228. The summed E-state index contributed by atoms with van der Waals surface area (Å²) in [5.74, 6) is 0. The van der Waals surface area contributed by atoms with Crippen LogP contribution in [0.4, 0.5) is 0 Å². The summed E-state index contributed by atoms with van der Waals surface area (Å²) in [7, 11) is 0. The number of aliphatic hydroxyl groups is 1. The molecule has 1 unspecified atom stereocenters. The van der Waals surface area contributed by atoms with Crippen molar-refractivity contribution in [3.63, 3.8) is 0 Å². The van der Waals surface area contributed by atoms with Crippen molar-refractivity contribution in [3.8, 4) is 0 Å². The largest absolute Gasteiger partial charge is 0.386 e. The normalized spacial score (nSPS) is 12.9. The minimum atomic E-state index is -0.559. The highest BCUT2D eigenvalue weighted by molar-refractivity contribution is 9.10. The van der Waals surface area contributed by atoms with Gasteiger partial charge in [-0.15, -0.1) is 0 Å². The van der Waals surface area contributed by atoms with Gasteiger partial charge < -0.3 is 5.11 Å². The Balaban J connectivity index is 2.25. The zero-order chi connectivity index (χ0) is 14.9. The van der Waals surface area contributed by atoms with Crippen LogP contribution in [-0.2, 0) is 6.42 Å². The smallest absolute Gasteiger partial charge is 0.101 e. The summed E-state index contributed by atoms with van der Waals surface area (Å²) in [6.07, 6.45) is 1.79. The van der Waals surface area contributed by atoms with Crippen LogP contribution >= 0.6 is 15.9 Å². The van der Waals surface area contributed by atoms with Gasteiger partial charge >= 0.3 is 0 Å². The standard InChI is InChI=1S/C16H21BrN2O/c1-10(2)19-16(14(17)9-18-19)15(20)8-13-6-5-11(3)12(4)7-13/h5-7,9-10,15,20H,8H2,1-4H3. The summed E-state index contributed by atoms with van der Waals surface area (Å²) in [5.41, 5.74) is 4.52. The van der Waals surface area contributed by atoms with Gasteiger partial charge in [0.1, 0.15) is 6.10 Å². The second kappa shape index (κ2) is 6.10. The molecule has 108 valence electrons. The molecular formula is C16H21BrN2O. The highest BCUT2D eigenvalue weighted by atomic mass is 79.9. The number of hydrogen-bond donors (Lipinski definition) is 1. The Morgan fingerprint density at radius 2 is 1.95 bits per heavy atom. The van der Waals surface area contributed by atoms with Gasteiger partial charge in [0.25, 0.3) is 0 Å². The molecule has 3 nitrogen and oxygen atoms in total. The molecule has 1 atom stereocenters. The summed E-state index contributed by atoms with van der Waals surface area (Å²) in [5, 5.41) is 14.9. The van der Waals surface area contributed by atoms with E-state index in [1.807, 2.05) is 4.68 Å². The van der Waals surface area contributed by atoms with E-state index in [1.54, 1.807) is 6.20 Å². The van der Waals surface area contributed by atoms with Gasteiger partial charge in [-0.1, -0.05) is 18.2 Å². The molecule has 0 fully saturated rings. The zero-order valence-corrected chi connectivity index (χ0v) is 14.0. The average molecular weight is 337 g/mol. The van der Waals surface area contributed by atoms with Gasteiger partial charge in [-0.2, -0.15) is 5.10 Å². The Labute approximate surface area is 128 Å². The molecular weight excluding hydrogens is 316 g/mol. The van der Waals surface area contributed by atoms with Crippen LogP contribution < -0.4 is 0 Å². The summed E-state index contributed by atoms with van der Waals surface area (Å²) >= 11 is 3.48. The van der Waals surface area contributed by atoms with Crippen LogP contribution in [-0.4, -0.2) is 14.9 Å². The van der Waals surface area contributed by atoms with Crippen molar-refractivity contribution in [2.75, 3.05) is 0 Å². The lowest BCUT2D eigenvalue weighted by molar-refractivity contribution is 0.164.